The average molecular weight is 884 g/mol. The highest BCUT2D eigenvalue weighted by molar-refractivity contribution is 7.81. The molecule has 0 spiro atoms. The van der Waals surface area contributed by atoms with Gasteiger partial charge in [0.15, 0.2) is 0 Å². The van der Waals surface area contributed by atoms with E-state index in [1.54, 1.807) is 14.9 Å². The van der Waals surface area contributed by atoms with Crippen molar-refractivity contribution in [2.75, 3.05) is 32.7 Å². The normalized spacial score (nSPS) is 19.3. The van der Waals surface area contributed by atoms with Gasteiger partial charge in [0.05, 0.1) is 6.04 Å². The number of urea groups is 1. The van der Waals surface area contributed by atoms with Crippen LogP contribution >= 0.6 is 0 Å². The summed E-state index contributed by atoms with van der Waals surface area (Å²) in [6, 6.07) is -1.69. The number of rotatable bonds is 23. The van der Waals surface area contributed by atoms with Gasteiger partial charge in [0.1, 0.15) is 17.2 Å². The van der Waals surface area contributed by atoms with Crippen LogP contribution in [0, 0.1) is 0 Å². The summed E-state index contributed by atoms with van der Waals surface area (Å²) in [6.45, 7) is 21.6. The molecule has 0 saturated carbocycles. The molecule has 3 fully saturated rings. The van der Waals surface area contributed by atoms with Crippen LogP contribution in [0.3, 0.4) is 0 Å². The van der Waals surface area contributed by atoms with Gasteiger partial charge in [0.25, 0.3) is 0 Å². The number of nitrogens with zero attached hydrogens (tertiary/aromatic N) is 7. The second kappa shape index (κ2) is 22.4. The molecule has 0 N–H and O–H groups in total. The lowest BCUT2D eigenvalue weighted by atomic mass is 9.82. The first-order valence-corrected chi connectivity index (χ1v) is 24.4. The molecule has 4 rings (SSSR count). The number of hydroxylamine groups is 4. The fraction of sp³-hybridized carbons (Fsp3) is 0.884. The Morgan fingerprint density at radius 2 is 1.43 bits per heavy atom. The van der Waals surface area contributed by atoms with Crippen LogP contribution in [0.2, 0.25) is 0 Å². The van der Waals surface area contributed by atoms with Crippen molar-refractivity contribution >= 4 is 28.6 Å². The van der Waals surface area contributed by atoms with E-state index < -0.39 is 45.3 Å². The molecule has 2 atom stereocenters. The van der Waals surface area contributed by atoms with Gasteiger partial charge < -0.3 is 28.6 Å². The summed E-state index contributed by atoms with van der Waals surface area (Å²) >= 11 is 0. The summed E-state index contributed by atoms with van der Waals surface area (Å²) in [6.07, 6.45) is 12.0. The third-order valence-electron chi connectivity index (χ3n) is 11.6. The van der Waals surface area contributed by atoms with E-state index in [4.69, 9.17) is 22.5 Å². The molecular formula is C43H77N7O10S. The Labute approximate surface area is 365 Å². The topological polar surface area (TPSA) is 177 Å². The van der Waals surface area contributed by atoms with Gasteiger partial charge in [-0.15, -0.1) is 14.5 Å². The molecule has 0 radical (unpaired) electrons. The lowest BCUT2D eigenvalue weighted by Gasteiger charge is -2.43. The van der Waals surface area contributed by atoms with Crippen molar-refractivity contribution in [1.29, 1.82) is 0 Å². The monoisotopic (exact) mass is 884 g/mol. The van der Waals surface area contributed by atoms with Gasteiger partial charge in [-0.1, -0.05) is 66.2 Å². The minimum atomic E-state index is -4.65. The summed E-state index contributed by atoms with van der Waals surface area (Å²) in [4.78, 5) is 44.8. The van der Waals surface area contributed by atoms with E-state index in [1.807, 2.05) is 41.5 Å². The van der Waals surface area contributed by atoms with Crippen molar-refractivity contribution in [1.82, 2.24) is 35.0 Å². The Hall–Kier alpha value is -3.22. The number of carbonyl (C=O) groups is 3. The second-order valence-electron chi connectivity index (χ2n) is 19.1. The van der Waals surface area contributed by atoms with Crippen LogP contribution in [-0.2, 0) is 34.9 Å². The van der Waals surface area contributed by atoms with Crippen LogP contribution in [0.25, 0.3) is 0 Å². The molecule has 61 heavy (non-hydrogen) atoms. The number of fused-ring (bicyclic) bond motifs is 2. The molecule has 18 heteroatoms. The number of aryl methyl sites for hydroxylation is 1. The molecule has 4 amide bonds. The summed E-state index contributed by atoms with van der Waals surface area (Å²) in [5.74, 6) is 0.702. The largest absolute Gasteiger partial charge is 0.444 e. The van der Waals surface area contributed by atoms with Gasteiger partial charge in [-0.05, 0) is 106 Å². The lowest BCUT2D eigenvalue weighted by Crippen LogP contribution is -2.51. The standard InChI is InChI=1S/C43H77N7O10S/c1-11-15-26-43(25-14-4,27-16-12-2)49(29-17-13-3)59-61(54,55)60-50-34-21-22-35(48(32-34)38(50)51)37-45-44-36(56-37)20-18-19-28-47(40(53)58-42(8,9)10)33-23-30-46(31-24-33)39(52)57-41(5,6)7/h33-35H,11-32H2,1-10H3/t34-,35-/m0/s1. The average Bonchev–Trinajstić information content (AvgIpc) is 3.75. The quantitative estimate of drug-likeness (QED) is 0.0752. The fourth-order valence-corrected chi connectivity index (χ4v) is 9.44. The first-order chi connectivity index (χ1) is 28.7. The van der Waals surface area contributed by atoms with E-state index in [9.17, 15) is 22.8 Å². The van der Waals surface area contributed by atoms with Crippen molar-refractivity contribution in [3.05, 3.63) is 11.8 Å². The van der Waals surface area contributed by atoms with Crippen molar-refractivity contribution in [2.45, 2.75) is 213 Å². The molecule has 3 aliphatic heterocycles. The minimum absolute atomic E-state index is 0.0899. The SMILES string of the molecule is CCCCN(OS(=O)(=O)ON1C(=O)N2C[C@@H]1CC[C@H]2c1nnc(CCCCN(C(=O)OC(C)(C)C)C2CCN(C(=O)OC(C)(C)C)CC2)o1)C(CCC)(CCCC)CCCC. The van der Waals surface area contributed by atoms with E-state index in [0.717, 1.165) is 69.3 Å². The van der Waals surface area contributed by atoms with Crippen molar-refractivity contribution < 1.29 is 45.3 Å². The number of piperidine rings is 2. The number of carbonyl (C=O) groups excluding carboxylic acids is 3. The maximum Gasteiger partial charge on any atom is 0.437 e. The Morgan fingerprint density at radius 1 is 0.787 bits per heavy atom. The lowest BCUT2D eigenvalue weighted by molar-refractivity contribution is -0.172. The number of unbranched alkanes of at least 4 members (excludes halogenated alkanes) is 4. The summed E-state index contributed by atoms with van der Waals surface area (Å²) in [5.41, 5.74) is -1.70. The van der Waals surface area contributed by atoms with Gasteiger partial charge in [0, 0.05) is 50.7 Å². The third kappa shape index (κ3) is 14.7. The number of hydrogen-bond acceptors (Lipinski definition) is 13. The highest BCUT2D eigenvalue weighted by Gasteiger charge is 2.50. The Morgan fingerprint density at radius 3 is 2.02 bits per heavy atom. The molecule has 3 saturated heterocycles. The number of amides is 4. The van der Waals surface area contributed by atoms with Crippen molar-refractivity contribution in [3.63, 3.8) is 0 Å². The van der Waals surface area contributed by atoms with Crippen molar-refractivity contribution in [2.24, 2.45) is 0 Å². The molecule has 1 aromatic heterocycles. The number of hydrogen-bond donors (Lipinski definition) is 0. The summed E-state index contributed by atoms with van der Waals surface area (Å²) in [5, 5.41) is 11.2. The predicted molar refractivity (Wildman–Crippen MR) is 230 cm³/mol. The molecule has 17 nitrogen and oxygen atoms in total. The molecule has 3 aliphatic rings. The number of aromatic nitrogens is 2. The summed E-state index contributed by atoms with van der Waals surface area (Å²) < 4.78 is 56.2. The van der Waals surface area contributed by atoms with Crippen LogP contribution < -0.4 is 0 Å². The Bertz CT molecular complexity index is 1650. The zero-order valence-corrected chi connectivity index (χ0v) is 39.7. The van der Waals surface area contributed by atoms with E-state index in [2.05, 4.69) is 37.9 Å². The second-order valence-corrected chi connectivity index (χ2v) is 20.2. The van der Waals surface area contributed by atoms with E-state index in [-0.39, 0.29) is 30.7 Å². The number of ether oxygens (including phenoxy) is 2. The van der Waals surface area contributed by atoms with Crippen LogP contribution in [0.5, 0.6) is 0 Å². The molecule has 1 aromatic rings. The fourth-order valence-electron chi connectivity index (χ4n) is 8.58. The molecule has 0 unspecified atom stereocenters. The van der Waals surface area contributed by atoms with Gasteiger partial charge in [-0.2, -0.15) is 22.8 Å². The maximum absolute atomic E-state index is 13.8. The predicted octanol–water partition coefficient (Wildman–Crippen LogP) is 9.10. The first-order valence-electron chi connectivity index (χ1n) is 23.1. The molecule has 0 aliphatic carbocycles. The zero-order chi connectivity index (χ0) is 45.0. The van der Waals surface area contributed by atoms with Crippen LogP contribution in [0.15, 0.2) is 4.42 Å². The summed E-state index contributed by atoms with van der Waals surface area (Å²) in [7, 11) is -4.65. The van der Waals surface area contributed by atoms with Crippen LogP contribution in [-0.4, -0.2) is 123 Å². The molecule has 2 bridgehead atoms. The first kappa shape index (κ1) is 50.4. The highest BCUT2D eigenvalue weighted by atomic mass is 32.3. The highest BCUT2D eigenvalue weighted by Crippen LogP contribution is 2.40. The third-order valence-corrected chi connectivity index (χ3v) is 12.3. The smallest absolute Gasteiger partial charge is 0.437 e. The molecule has 350 valence electrons. The zero-order valence-electron chi connectivity index (χ0n) is 38.9. The molecule has 4 heterocycles. The van der Waals surface area contributed by atoms with E-state index in [0.29, 0.717) is 77.0 Å². The van der Waals surface area contributed by atoms with Gasteiger partial charge in [-0.25, -0.2) is 14.4 Å². The molecular weight excluding hydrogens is 807 g/mol. The molecule has 0 aromatic carbocycles. The van der Waals surface area contributed by atoms with Crippen molar-refractivity contribution in [3.8, 4) is 0 Å². The van der Waals surface area contributed by atoms with Gasteiger partial charge in [-0.3, -0.25) is 0 Å². The van der Waals surface area contributed by atoms with Crippen LogP contribution in [0.4, 0.5) is 14.4 Å². The Kier molecular flexibility index (Phi) is 18.5. The number of likely N-dealkylation sites (tertiary alicyclic amines) is 1. The van der Waals surface area contributed by atoms with Gasteiger partial charge >= 0.3 is 28.6 Å². The van der Waals surface area contributed by atoms with Gasteiger partial charge in [0.2, 0.25) is 11.8 Å². The Balaban J connectivity index is 1.36. The minimum Gasteiger partial charge on any atom is -0.444 e. The van der Waals surface area contributed by atoms with Crippen LogP contribution in [0.1, 0.15) is 190 Å². The maximum atomic E-state index is 13.8. The van der Waals surface area contributed by atoms with E-state index in [1.165, 1.54) is 4.90 Å². The van der Waals surface area contributed by atoms with E-state index >= 15 is 0 Å².